The van der Waals surface area contributed by atoms with Gasteiger partial charge >= 0.3 is 0 Å². The summed E-state index contributed by atoms with van der Waals surface area (Å²) in [4.78, 5) is 11.7. The van der Waals surface area contributed by atoms with Crippen LogP contribution in [0.3, 0.4) is 0 Å². The van der Waals surface area contributed by atoms with Crippen molar-refractivity contribution in [1.29, 1.82) is 0 Å². The minimum atomic E-state index is -3.35. The fourth-order valence-corrected chi connectivity index (χ4v) is 2.57. The van der Waals surface area contributed by atoms with Crippen molar-refractivity contribution in [2.75, 3.05) is 12.9 Å². The van der Waals surface area contributed by atoms with Crippen LogP contribution in [0.5, 0.6) is 0 Å². The highest BCUT2D eigenvalue weighted by molar-refractivity contribution is 7.92. The number of hydrogen-bond donors (Lipinski definition) is 2. The van der Waals surface area contributed by atoms with E-state index >= 15 is 0 Å². The highest BCUT2D eigenvalue weighted by atomic mass is 32.2. The molecule has 2 N–H and O–H groups in total. The van der Waals surface area contributed by atoms with E-state index in [2.05, 4.69) is 5.32 Å². The summed E-state index contributed by atoms with van der Waals surface area (Å²) in [6.07, 6.45) is 4.82. The number of sulfone groups is 1. The molecule has 1 fully saturated rings. The molecule has 100 valence electrons. The lowest BCUT2D eigenvalue weighted by Crippen LogP contribution is -2.48. The summed E-state index contributed by atoms with van der Waals surface area (Å²) in [6.45, 7) is 1.43. The van der Waals surface area contributed by atoms with Gasteiger partial charge in [0.1, 0.15) is 5.25 Å². The number of rotatable bonds is 4. The van der Waals surface area contributed by atoms with E-state index in [1.807, 2.05) is 0 Å². The molecule has 0 bridgehead atoms. The van der Waals surface area contributed by atoms with Gasteiger partial charge in [0.15, 0.2) is 9.84 Å². The molecule has 0 saturated heterocycles. The van der Waals surface area contributed by atoms with Gasteiger partial charge < -0.3 is 10.4 Å². The zero-order chi connectivity index (χ0) is 13.1. The Balaban J connectivity index is 2.61. The molecule has 1 rings (SSSR count). The van der Waals surface area contributed by atoms with E-state index in [9.17, 15) is 18.3 Å². The Hall–Kier alpha value is -0.620. The Morgan fingerprint density at radius 3 is 2.53 bits per heavy atom. The number of carbonyl (C=O) groups excluding carboxylic acids is 1. The van der Waals surface area contributed by atoms with E-state index in [1.165, 1.54) is 6.92 Å². The molecule has 0 radical (unpaired) electrons. The maximum Gasteiger partial charge on any atom is 0.238 e. The van der Waals surface area contributed by atoms with Crippen LogP contribution in [0, 0.1) is 5.92 Å². The predicted octanol–water partition coefficient (Wildman–Crippen LogP) is 0.0868. The molecule has 3 unspecified atom stereocenters. The quantitative estimate of drug-likeness (QED) is 0.753. The second-order valence-corrected chi connectivity index (χ2v) is 7.18. The van der Waals surface area contributed by atoms with Crippen molar-refractivity contribution < 1.29 is 18.3 Å². The lowest BCUT2D eigenvalue weighted by atomic mass is 9.85. The molecule has 1 amide bonds. The molecule has 0 aliphatic heterocycles. The Morgan fingerprint density at radius 2 is 2.00 bits per heavy atom. The molecule has 5 nitrogen and oxygen atoms in total. The Labute approximate surface area is 103 Å². The first-order valence-corrected chi connectivity index (χ1v) is 7.91. The molecule has 3 atom stereocenters. The molecular weight excluding hydrogens is 242 g/mol. The number of aliphatic hydroxyl groups excluding tert-OH is 1. The van der Waals surface area contributed by atoms with Gasteiger partial charge in [-0.15, -0.1) is 0 Å². The van der Waals surface area contributed by atoms with Crippen molar-refractivity contribution in [3.63, 3.8) is 0 Å². The van der Waals surface area contributed by atoms with Crippen molar-refractivity contribution >= 4 is 15.7 Å². The minimum Gasteiger partial charge on any atom is -0.396 e. The molecule has 17 heavy (non-hydrogen) atoms. The number of hydrogen-bond acceptors (Lipinski definition) is 4. The van der Waals surface area contributed by atoms with Crippen molar-refractivity contribution in [2.45, 2.75) is 43.9 Å². The zero-order valence-electron chi connectivity index (χ0n) is 10.3. The van der Waals surface area contributed by atoms with Gasteiger partial charge in [0.05, 0.1) is 0 Å². The summed E-state index contributed by atoms with van der Waals surface area (Å²) in [5, 5.41) is 10.9. The van der Waals surface area contributed by atoms with Crippen LogP contribution in [0.2, 0.25) is 0 Å². The lowest BCUT2D eigenvalue weighted by molar-refractivity contribution is -0.121. The summed E-state index contributed by atoms with van der Waals surface area (Å²) in [5.41, 5.74) is 0. The van der Waals surface area contributed by atoms with Crippen LogP contribution in [-0.2, 0) is 14.6 Å². The van der Waals surface area contributed by atoms with E-state index in [-0.39, 0.29) is 18.6 Å². The van der Waals surface area contributed by atoms with Gasteiger partial charge in [-0.25, -0.2) is 8.42 Å². The van der Waals surface area contributed by atoms with Crippen molar-refractivity contribution in [3.8, 4) is 0 Å². The SMILES string of the molecule is CC(C(=O)NC1CCCCC1CO)S(C)(=O)=O. The number of aliphatic hydroxyl groups is 1. The third-order valence-corrected chi connectivity index (χ3v) is 4.98. The number of nitrogens with one attached hydrogen (secondary N) is 1. The first kappa shape index (κ1) is 14.4. The van der Waals surface area contributed by atoms with Crippen LogP contribution in [0.1, 0.15) is 32.6 Å². The standard InChI is InChI=1S/C11H21NO4S/c1-8(17(2,15)16)11(14)12-10-6-4-3-5-9(10)7-13/h8-10,13H,3-7H2,1-2H3,(H,12,14). The highest BCUT2D eigenvalue weighted by Crippen LogP contribution is 2.24. The lowest BCUT2D eigenvalue weighted by Gasteiger charge is -2.31. The van der Waals surface area contributed by atoms with E-state index in [1.54, 1.807) is 0 Å². The molecule has 0 aromatic carbocycles. The van der Waals surface area contributed by atoms with Crippen LogP contribution in [0.4, 0.5) is 0 Å². The molecule has 0 aromatic heterocycles. The minimum absolute atomic E-state index is 0.0399. The molecule has 0 aromatic rings. The van der Waals surface area contributed by atoms with Crippen LogP contribution >= 0.6 is 0 Å². The molecule has 0 spiro atoms. The summed E-state index contributed by atoms with van der Waals surface area (Å²) in [7, 11) is -3.35. The van der Waals surface area contributed by atoms with E-state index < -0.39 is 21.0 Å². The van der Waals surface area contributed by atoms with Gasteiger partial charge in [-0.2, -0.15) is 0 Å². The summed E-state index contributed by atoms with van der Waals surface area (Å²) >= 11 is 0. The smallest absolute Gasteiger partial charge is 0.238 e. The van der Waals surface area contributed by atoms with Crippen LogP contribution in [0.25, 0.3) is 0 Å². The van der Waals surface area contributed by atoms with Gasteiger partial charge in [-0.1, -0.05) is 12.8 Å². The Morgan fingerprint density at radius 1 is 1.41 bits per heavy atom. The van der Waals surface area contributed by atoms with E-state index in [4.69, 9.17) is 0 Å². The van der Waals surface area contributed by atoms with Gasteiger partial charge in [-0.05, 0) is 19.8 Å². The third-order valence-electron chi connectivity index (χ3n) is 3.48. The number of amides is 1. The van der Waals surface area contributed by atoms with Gasteiger partial charge in [-0.3, -0.25) is 4.79 Å². The normalized spacial score (nSPS) is 27.5. The molecular formula is C11H21NO4S. The van der Waals surface area contributed by atoms with Crippen molar-refractivity contribution in [3.05, 3.63) is 0 Å². The van der Waals surface area contributed by atoms with Gasteiger partial charge in [0.25, 0.3) is 0 Å². The Bertz CT molecular complexity index is 366. The fraction of sp³-hybridized carbons (Fsp3) is 0.909. The molecule has 1 aliphatic rings. The monoisotopic (exact) mass is 263 g/mol. The molecule has 0 heterocycles. The maximum absolute atomic E-state index is 11.7. The largest absolute Gasteiger partial charge is 0.396 e. The zero-order valence-corrected chi connectivity index (χ0v) is 11.2. The molecule has 6 heteroatoms. The first-order chi connectivity index (χ1) is 7.86. The predicted molar refractivity (Wildman–Crippen MR) is 65.3 cm³/mol. The van der Waals surface area contributed by atoms with Gasteiger partial charge in [0.2, 0.25) is 5.91 Å². The first-order valence-electron chi connectivity index (χ1n) is 5.96. The van der Waals surface area contributed by atoms with Crippen molar-refractivity contribution in [2.24, 2.45) is 5.92 Å². The van der Waals surface area contributed by atoms with E-state index in [0.29, 0.717) is 0 Å². The van der Waals surface area contributed by atoms with Gasteiger partial charge in [0, 0.05) is 24.8 Å². The Kier molecular flexibility index (Phi) is 4.94. The third kappa shape index (κ3) is 3.96. The van der Waals surface area contributed by atoms with E-state index in [0.717, 1.165) is 31.9 Å². The molecule has 1 saturated carbocycles. The van der Waals surface area contributed by atoms with Crippen LogP contribution in [-0.4, -0.2) is 43.6 Å². The molecule has 1 aliphatic carbocycles. The summed E-state index contributed by atoms with van der Waals surface area (Å²) < 4.78 is 22.5. The fourth-order valence-electron chi connectivity index (χ4n) is 2.11. The van der Waals surface area contributed by atoms with Crippen LogP contribution < -0.4 is 5.32 Å². The van der Waals surface area contributed by atoms with Crippen molar-refractivity contribution in [1.82, 2.24) is 5.32 Å². The summed E-state index contributed by atoms with van der Waals surface area (Å²) in [6, 6.07) is -0.0922. The maximum atomic E-state index is 11.7. The summed E-state index contributed by atoms with van der Waals surface area (Å²) in [5.74, 6) is -0.405. The topological polar surface area (TPSA) is 83.5 Å². The van der Waals surface area contributed by atoms with Crippen LogP contribution in [0.15, 0.2) is 0 Å². The number of carbonyl (C=O) groups is 1. The second kappa shape index (κ2) is 5.82. The second-order valence-electron chi connectivity index (χ2n) is 4.81. The average molecular weight is 263 g/mol. The highest BCUT2D eigenvalue weighted by Gasteiger charge is 2.30. The average Bonchev–Trinajstić information content (AvgIpc) is 2.27.